The summed E-state index contributed by atoms with van der Waals surface area (Å²) in [6, 6.07) is 12.7. The van der Waals surface area contributed by atoms with Crippen LogP contribution in [0.3, 0.4) is 0 Å². The minimum absolute atomic E-state index is 0.239. The van der Waals surface area contributed by atoms with Gasteiger partial charge in [-0.25, -0.2) is 0 Å². The molecule has 0 saturated heterocycles. The maximum atomic E-state index is 13.6. The molecule has 1 atom stereocenters. The highest BCUT2D eigenvalue weighted by Gasteiger charge is 2.49. The van der Waals surface area contributed by atoms with E-state index in [0.717, 1.165) is 10.6 Å². The molecule has 0 unspecified atom stereocenters. The summed E-state index contributed by atoms with van der Waals surface area (Å²) in [6.07, 6.45) is 0. The van der Waals surface area contributed by atoms with Crippen LogP contribution < -0.4 is 10.2 Å². The number of anilines is 1. The molecule has 8 heteroatoms. The van der Waals surface area contributed by atoms with Crippen molar-refractivity contribution in [2.45, 2.75) is 45.3 Å². The van der Waals surface area contributed by atoms with Crippen molar-refractivity contribution in [1.82, 2.24) is 15.1 Å². The molecular formula is C22H23ClN4O2S. The summed E-state index contributed by atoms with van der Waals surface area (Å²) < 4.78 is 1.64. The van der Waals surface area contributed by atoms with Crippen LogP contribution in [0, 0.1) is 0 Å². The largest absolute Gasteiger partial charge is 0.349 e. The molecule has 0 spiro atoms. The van der Waals surface area contributed by atoms with Gasteiger partial charge >= 0.3 is 0 Å². The van der Waals surface area contributed by atoms with E-state index < -0.39 is 11.1 Å². The van der Waals surface area contributed by atoms with Gasteiger partial charge in [0.2, 0.25) is 5.91 Å². The summed E-state index contributed by atoms with van der Waals surface area (Å²) in [7, 11) is 0. The number of halogens is 1. The quantitative estimate of drug-likeness (QED) is 0.644. The van der Waals surface area contributed by atoms with Gasteiger partial charge < -0.3 is 5.32 Å². The van der Waals surface area contributed by atoms with Gasteiger partial charge in [0.15, 0.2) is 0 Å². The van der Waals surface area contributed by atoms with Crippen molar-refractivity contribution in [3.63, 3.8) is 0 Å². The Labute approximate surface area is 184 Å². The molecule has 6 nitrogen and oxygen atoms in total. The number of amides is 2. The van der Waals surface area contributed by atoms with Gasteiger partial charge in [-0.05, 0) is 69.5 Å². The Morgan fingerprint density at radius 3 is 2.53 bits per heavy atom. The zero-order valence-electron chi connectivity index (χ0n) is 17.3. The Bertz CT molecular complexity index is 1100. The van der Waals surface area contributed by atoms with E-state index in [-0.39, 0.29) is 18.4 Å². The van der Waals surface area contributed by atoms with E-state index in [1.165, 1.54) is 0 Å². The Morgan fingerprint density at radius 1 is 1.23 bits per heavy atom. The first kappa shape index (κ1) is 20.6. The molecule has 4 rings (SSSR count). The van der Waals surface area contributed by atoms with Gasteiger partial charge in [-0.15, -0.1) is 11.3 Å². The number of carbonyl (C=O) groups is 2. The molecule has 30 heavy (non-hydrogen) atoms. The SMILES string of the molecule is CC(C)(C)NC(=O)[C@@]1(C)Cn2nc(-c3cccs3)cc2C(=O)N1c1ccc(Cl)cc1. The van der Waals surface area contributed by atoms with Gasteiger partial charge in [-0.3, -0.25) is 19.2 Å². The van der Waals surface area contributed by atoms with Gasteiger partial charge in [-0.1, -0.05) is 17.7 Å². The lowest BCUT2D eigenvalue weighted by Gasteiger charge is -2.44. The minimum Gasteiger partial charge on any atom is -0.349 e. The number of rotatable bonds is 3. The zero-order chi connectivity index (χ0) is 21.7. The fourth-order valence-corrected chi connectivity index (χ4v) is 4.40. The van der Waals surface area contributed by atoms with E-state index in [1.807, 2.05) is 38.3 Å². The van der Waals surface area contributed by atoms with E-state index in [4.69, 9.17) is 11.6 Å². The lowest BCUT2D eigenvalue weighted by Crippen LogP contribution is -2.66. The van der Waals surface area contributed by atoms with Gasteiger partial charge in [0.05, 0.1) is 11.4 Å². The second-order valence-electron chi connectivity index (χ2n) is 8.64. The van der Waals surface area contributed by atoms with Gasteiger partial charge in [0.1, 0.15) is 16.9 Å². The number of hydrogen-bond acceptors (Lipinski definition) is 4. The van der Waals surface area contributed by atoms with Crippen LogP contribution in [0.4, 0.5) is 5.69 Å². The lowest BCUT2D eigenvalue weighted by molar-refractivity contribution is -0.128. The number of nitrogens with one attached hydrogen (secondary N) is 1. The maximum Gasteiger partial charge on any atom is 0.277 e. The third-order valence-corrected chi connectivity index (χ3v) is 6.13. The molecule has 0 aliphatic carbocycles. The normalized spacial score (nSPS) is 19.0. The van der Waals surface area contributed by atoms with Crippen LogP contribution in [0.25, 0.3) is 10.6 Å². The molecular weight excluding hydrogens is 420 g/mol. The second-order valence-corrected chi connectivity index (χ2v) is 10.0. The third kappa shape index (κ3) is 3.63. The Morgan fingerprint density at radius 2 is 1.93 bits per heavy atom. The molecule has 156 valence electrons. The Hall–Kier alpha value is -2.64. The topological polar surface area (TPSA) is 67.2 Å². The average Bonchev–Trinajstić information content (AvgIpc) is 3.31. The summed E-state index contributed by atoms with van der Waals surface area (Å²) in [5, 5.41) is 10.2. The smallest absolute Gasteiger partial charge is 0.277 e. The standard InChI is InChI=1S/C22H23ClN4O2S/c1-21(2,3)24-20(29)22(4)13-26-17(12-16(25-26)18-6-5-11-30-18)19(28)27(22)15-9-7-14(23)8-10-15/h5-12H,13H2,1-4H3,(H,24,29)/t22-/m1/s1. The molecule has 2 amide bonds. The van der Waals surface area contributed by atoms with Gasteiger partial charge in [0.25, 0.3) is 5.91 Å². The fraction of sp³-hybridized carbons (Fsp3) is 0.318. The minimum atomic E-state index is -1.16. The molecule has 0 radical (unpaired) electrons. The maximum absolute atomic E-state index is 13.6. The highest BCUT2D eigenvalue weighted by molar-refractivity contribution is 7.13. The van der Waals surface area contributed by atoms with E-state index in [2.05, 4.69) is 10.4 Å². The highest BCUT2D eigenvalue weighted by Crippen LogP contribution is 2.35. The number of thiophene rings is 1. The van der Waals surface area contributed by atoms with Gasteiger partial charge in [0, 0.05) is 16.2 Å². The lowest BCUT2D eigenvalue weighted by atomic mass is 9.92. The van der Waals surface area contributed by atoms with E-state index in [0.29, 0.717) is 16.4 Å². The second kappa shape index (κ2) is 7.25. The van der Waals surface area contributed by atoms with Crippen molar-refractivity contribution in [2.75, 3.05) is 4.90 Å². The summed E-state index contributed by atoms with van der Waals surface area (Å²) in [5.74, 6) is -0.512. The van der Waals surface area contributed by atoms with Crippen LogP contribution in [0.2, 0.25) is 5.02 Å². The monoisotopic (exact) mass is 442 g/mol. The number of hydrogen-bond donors (Lipinski definition) is 1. The van der Waals surface area contributed by atoms with Crippen LogP contribution >= 0.6 is 22.9 Å². The van der Waals surface area contributed by atoms with Crippen LogP contribution in [0.1, 0.15) is 38.2 Å². The van der Waals surface area contributed by atoms with Crippen LogP contribution in [-0.4, -0.2) is 32.7 Å². The zero-order valence-corrected chi connectivity index (χ0v) is 18.8. The molecule has 0 fully saturated rings. The number of nitrogens with zero attached hydrogens (tertiary/aromatic N) is 3. The molecule has 1 aromatic carbocycles. The fourth-order valence-electron chi connectivity index (χ4n) is 3.60. The van der Waals surface area contributed by atoms with Crippen molar-refractivity contribution >= 4 is 40.4 Å². The van der Waals surface area contributed by atoms with E-state index in [1.54, 1.807) is 58.2 Å². The van der Waals surface area contributed by atoms with Crippen molar-refractivity contribution in [3.05, 3.63) is 58.6 Å². The summed E-state index contributed by atoms with van der Waals surface area (Å²) in [5.41, 5.74) is 0.186. The predicted molar refractivity (Wildman–Crippen MR) is 120 cm³/mol. The Kier molecular flexibility index (Phi) is 4.98. The summed E-state index contributed by atoms with van der Waals surface area (Å²) in [4.78, 5) is 29.6. The number of fused-ring (bicyclic) bond motifs is 1. The third-order valence-electron chi connectivity index (χ3n) is 4.99. The summed E-state index contributed by atoms with van der Waals surface area (Å²) in [6.45, 7) is 7.76. The molecule has 1 N–H and O–H groups in total. The molecule has 0 saturated carbocycles. The highest BCUT2D eigenvalue weighted by atomic mass is 35.5. The molecule has 3 heterocycles. The van der Waals surface area contributed by atoms with Crippen LogP contribution in [0.15, 0.2) is 47.8 Å². The summed E-state index contributed by atoms with van der Waals surface area (Å²) >= 11 is 7.61. The van der Waals surface area contributed by atoms with Gasteiger partial charge in [-0.2, -0.15) is 5.10 Å². The van der Waals surface area contributed by atoms with Crippen molar-refractivity contribution in [2.24, 2.45) is 0 Å². The molecule has 1 aliphatic heterocycles. The first-order valence-corrected chi connectivity index (χ1v) is 10.9. The molecule has 0 bridgehead atoms. The van der Waals surface area contributed by atoms with Crippen molar-refractivity contribution in [3.8, 4) is 10.6 Å². The number of carbonyl (C=O) groups excluding carboxylic acids is 2. The van der Waals surface area contributed by atoms with Crippen LogP contribution in [0.5, 0.6) is 0 Å². The van der Waals surface area contributed by atoms with E-state index in [9.17, 15) is 9.59 Å². The molecule has 2 aromatic heterocycles. The number of aromatic nitrogens is 2. The average molecular weight is 443 g/mol. The number of benzene rings is 1. The Balaban J connectivity index is 1.83. The molecule has 3 aromatic rings. The van der Waals surface area contributed by atoms with Crippen molar-refractivity contribution in [1.29, 1.82) is 0 Å². The first-order valence-electron chi connectivity index (χ1n) is 9.63. The van der Waals surface area contributed by atoms with Crippen molar-refractivity contribution < 1.29 is 9.59 Å². The molecule has 1 aliphatic rings. The first-order chi connectivity index (χ1) is 14.1. The predicted octanol–water partition coefficient (Wildman–Crippen LogP) is 4.60. The van der Waals surface area contributed by atoms with Crippen LogP contribution in [-0.2, 0) is 11.3 Å². The van der Waals surface area contributed by atoms with E-state index >= 15 is 0 Å².